The van der Waals surface area contributed by atoms with Gasteiger partial charge in [0.2, 0.25) is 11.8 Å². The Morgan fingerprint density at radius 2 is 1.60 bits per heavy atom. The van der Waals surface area contributed by atoms with Gasteiger partial charge in [0.1, 0.15) is 0 Å². The summed E-state index contributed by atoms with van der Waals surface area (Å²) in [5.41, 5.74) is 9.64. The molecule has 7 heteroatoms. The zero-order chi connectivity index (χ0) is 21.7. The van der Waals surface area contributed by atoms with Gasteiger partial charge in [0, 0.05) is 35.9 Å². The first-order valence-electron chi connectivity index (χ1n) is 10.1. The van der Waals surface area contributed by atoms with Crippen LogP contribution in [0.15, 0.2) is 42.5 Å². The Kier molecular flexibility index (Phi) is 6.72. The number of carbonyl (C=O) groups is 3. The zero-order valence-corrected chi connectivity index (χ0v) is 17.4. The molecule has 30 heavy (non-hydrogen) atoms. The van der Waals surface area contributed by atoms with E-state index in [1.165, 1.54) is 0 Å². The lowest BCUT2D eigenvalue weighted by atomic mass is 9.96. The van der Waals surface area contributed by atoms with Gasteiger partial charge < -0.3 is 21.3 Å². The molecule has 7 nitrogen and oxygen atoms in total. The molecule has 1 heterocycles. The van der Waals surface area contributed by atoms with Gasteiger partial charge in [-0.3, -0.25) is 14.4 Å². The van der Waals surface area contributed by atoms with Crippen LogP contribution in [0, 0.1) is 19.8 Å². The molecule has 1 saturated heterocycles. The number of nitrogens with zero attached hydrogens (tertiary/aromatic N) is 1. The molecule has 0 unspecified atom stereocenters. The molecule has 0 radical (unpaired) electrons. The van der Waals surface area contributed by atoms with E-state index in [1.54, 1.807) is 12.1 Å². The summed E-state index contributed by atoms with van der Waals surface area (Å²) in [6.45, 7) is 5.32. The van der Waals surface area contributed by atoms with Crippen molar-refractivity contribution in [1.82, 2.24) is 5.32 Å². The normalized spacial score (nSPS) is 14.3. The van der Waals surface area contributed by atoms with Crippen LogP contribution in [-0.2, 0) is 9.59 Å². The van der Waals surface area contributed by atoms with E-state index in [9.17, 15) is 14.4 Å². The number of anilines is 2. The number of primary amides is 1. The molecule has 1 aliphatic heterocycles. The molecular formula is C23H28N4O3. The van der Waals surface area contributed by atoms with Crippen LogP contribution in [0.25, 0.3) is 0 Å². The number of amides is 3. The third kappa shape index (κ3) is 5.59. The van der Waals surface area contributed by atoms with Gasteiger partial charge in [-0.25, -0.2) is 0 Å². The summed E-state index contributed by atoms with van der Waals surface area (Å²) >= 11 is 0. The van der Waals surface area contributed by atoms with E-state index in [2.05, 4.69) is 15.5 Å². The van der Waals surface area contributed by atoms with Crippen LogP contribution in [0.4, 0.5) is 11.4 Å². The SMILES string of the molecule is Cc1cc(C)cc(C(=O)NCC(=O)Nc2ccc(N3CCC(C(N)=O)CC3)cc2)c1. The average molecular weight is 409 g/mol. The summed E-state index contributed by atoms with van der Waals surface area (Å²) in [6, 6.07) is 13.1. The topological polar surface area (TPSA) is 105 Å². The van der Waals surface area contributed by atoms with E-state index < -0.39 is 0 Å². The number of nitrogens with two attached hydrogens (primary N) is 1. The first-order chi connectivity index (χ1) is 14.3. The highest BCUT2D eigenvalue weighted by molar-refractivity contribution is 5.99. The van der Waals surface area contributed by atoms with Crippen molar-refractivity contribution in [1.29, 1.82) is 0 Å². The molecule has 0 aromatic heterocycles. The van der Waals surface area contributed by atoms with Gasteiger partial charge in [0.05, 0.1) is 6.54 Å². The van der Waals surface area contributed by atoms with Crippen molar-refractivity contribution in [3.63, 3.8) is 0 Å². The van der Waals surface area contributed by atoms with E-state index in [-0.39, 0.29) is 30.2 Å². The molecule has 4 N–H and O–H groups in total. The predicted molar refractivity (Wildman–Crippen MR) is 117 cm³/mol. The summed E-state index contributed by atoms with van der Waals surface area (Å²) in [4.78, 5) is 37.9. The Morgan fingerprint density at radius 1 is 1.00 bits per heavy atom. The maximum absolute atomic E-state index is 12.3. The standard InChI is InChI=1S/C23H28N4O3/c1-15-11-16(2)13-18(12-15)23(30)25-14-21(28)26-19-3-5-20(6-4-19)27-9-7-17(8-10-27)22(24)29/h3-6,11-13,17H,7-10,14H2,1-2H3,(H2,24,29)(H,25,30)(H,26,28). The molecule has 0 bridgehead atoms. The summed E-state index contributed by atoms with van der Waals surface area (Å²) < 4.78 is 0. The van der Waals surface area contributed by atoms with Crippen molar-refractivity contribution in [2.24, 2.45) is 11.7 Å². The molecule has 3 amide bonds. The van der Waals surface area contributed by atoms with Crippen molar-refractivity contribution in [3.8, 4) is 0 Å². The Morgan fingerprint density at radius 3 is 2.17 bits per heavy atom. The molecule has 158 valence electrons. The summed E-state index contributed by atoms with van der Waals surface area (Å²) in [6.07, 6.45) is 1.52. The average Bonchev–Trinajstić information content (AvgIpc) is 2.72. The van der Waals surface area contributed by atoms with Gasteiger partial charge in [0.15, 0.2) is 0 Å². The Labute approximate surface area is 176 Å². The van der Waals surface area contributed by atoms with E-state index in [0.29, 0.717) is 11.3 Å². The van der Waals surface area contributed by atoms with Crippen molar-refractivity contribution >= 4 is 29.1 Å². The number of rotatable bonds is 6. The monoisotopic (exact) mass is 408 g/mol. The van der Waals surface area contributed by atoms with Crippen LogP contribution < -0.4 is 21.3 Å². The number of piperidine rings is 1. The summed E-state index contributed by atoms with van der Waals surface area (Å²) in [5.74, 6) is -0.828. The van der Waals surface area contributed by atoms with Crippen LogP contribution in [-0.4, -0.2) is 37.4 Å². The third-order valence-corrected chi connectivity index (χ3v) is 5.31. The minimum absolute atomic E-state index is 0.0428. The largest absolute Gasteiger partial charge is 0.371 e. The van der Waals surface area contributed by atoms with Gasteiger partial charge in [-0.2, -0.15) is 0 Å². The fourth-order valence-corrected chi connectivity index (χ4v) is 3.75. The highest BCUT2D eigenvalue weighted by atomic mass is 16.2. The zero-order valence-electron chi connectivity index (χ0n) is 17.4. The number of aryl methyl sites for hydroxylation is 2. The highest BCUT2D eigenvalue weighted by Crippen LogP contribution is 2.24. The fourth-order valence-electron chi connectivity index (χ4n) is 3.75. The smallest absolute Gasteiger partial charge is 0.251 e. The predicted octanol–water partition coefficient (Wildman–Crippen LogP) is 2.37. The van der Waals surface area contributed by atoms with Crippen molar-refractivity contribution in [2.75, 3.05) is 29.9 Å². The van der Waals surface area contributed by atoms with Gasteiger partial charge in [-0.15, -0.1) is 0 Å². The van der Waals surface area contributed by atoms with E-state index in [4.69, 9.17) is 5.73 Å². The van der Waals surface area contributed by atoms with Crippen LogP contribution in [0.2, 0.25) is 0 Å². The van der Waals surface area contributed by atoms with Crippen LogP contribution in [0.1, 0.15) is 34.3 Å². The molecule has 0 atom stereocenters. The van der Waals surface area contributed by atoms with E-state index in [0.717, 1.165) is 42.7 Å². The first kappa shape index (κ1) is 21.4. The van der Waals surface area contributed by atoms with E-state index in [1.807, 2.05) is 44.2 Å². The second-order valence-electron chi connectivity index (χ2n) is 7.82. The molecular weight excluding hydrogens is 380 g/mol. The van der Waals surface area contributed by atoms with Gasteiger partial charge in [0.25, 0.3) is 5.91 Å². The lowest BCUT2D eigenvalue weighted by molar-refractivity contribution is -0.122. The Bertz CT molecular complexity index is 912. The maximum Gasteiger partial charge on any atom is 0.251 e. The lowest BCUT2D eigenvalue weighted by Gasteiger charge is -2.32. The first-order valence-corrected chi connectivity index (χ1v) is 10.1. The Balaban J connectivity index is 1.49. The molecule has 1 fully saturated rings. The number of hydrogen-bond donors (Lipinski definition) is 3. The van der Waals surface area contributed by atoms with Crippen molar-refractivity contribution in [3.05, 3.63) is 59.2 Å². The number of benzene rings is 2. The number of nitrogens with one attached hydrogen (secondary N) is 2. The molecule has 0 aliphatic carbocycles. The van der Waals surface area contributed by atoms with Crippen LogP contribution in [0.3, 0.4) is 0 Å². The van der Waals surface area contributed by atoms with Crippen molar-refractivity contribution < 1.29 is 14.4 Å². The fraction of sp³-hybridized carbons (Fsp3) is 0.348. The number of carbonyl (C=O) groups excluding carboxylic acids is 3. The lowest BCUT2D eigenvalue weighted by Crippen LogP contribution is -2.38. The van der Waals surface area contributed by atoms with Gasteiger partial charge in [-0.1, -0.05) is 17.2 Å². The second kappa shape index (κ2) is 9.43. The quantitative estimate of drug-likeness (QED) is 0.682. The maximum atomic E-state index is 12.3. The summed E-state index contributed by atoms with van der Waals surface area (Å²) in [7, 11) is 0. The number of hydrogen-bond acceptors (Lipinski definition) is 4. The molecule has 3 rings (SSSR count). The van der Waals surface area contributed by atoms with E-state index >= 15 is 0 Å². The molecule has 0 saturated carbocycles. The van der Waals surface area contributed by atoms with Crippen LogP contribution >= 0.6 is 0 Å². The third-order valence-electron chi connectivity index (χ3n) is 5.31. The molecule has 1 aliphatic rings. The second-order valence-corrected chi connectivity index (χ2v) is 7.82. The molecule has 2 aromatic carbocycles. The van der Waals surface area contributed by atoms with Crippen LogP contribution in [0.5, 0.6) is 0 Å². The molecule has 0 spiro atoms. The Hall–Kier alpha value is -3.35. The summed E-state index contributed by atoms with van der Waals surface area (Å²) in [5, 5.41) is 5.44. The highest BCUT2D eigenvalue weighted by Gasteiger charge is 2.23. The van der Waals surface area contributed by atoms with Gasteiger partial charge >= 0.3 is 0 Å². The molecule has 2 aromatic rings. The van der Waals surface area contributed by atoms with Gasteiger partial charge in [-0.05, 0) is 63.1 Å². The minimum Gasteiger partial charge on any atom is -0.371 e. The minimum atomic E-state index is -0.289. The van der Waals surface area contributed by atoms with Crippen molar-refractivity contribution in [2.45, 2.75) is 26.7 Å².